The summed E-state index contributed by atoms with van der Waals surface area (Å²) in [5.41, 5.74) is 2.38. The molecule has 1 aromatic carbocycles. The average molecular weight is 392 g/mol. The van der Waals surface area contributed by atoms with Crippen LogP contribution in [0.2, 0.25) is 0 Å². The summed E-state index contributed by atoms with van der Waals surface area (Å²) >= 11 is 0. The van der Waals surface area contributed by atoms with Crippen molar-refractivity contribution in [1.29, 1.82) is 0 Å². The van der Waals surface area contributed by atoms with Crippen LogP contribution in [0.4, 0.5) is 0 Å². The van der Waals surface area contributed by atoms with Crippen molar-refractivity contribution in [3.05, 3.63) is 68.5 Å². The van der Waals surface area contributed by atoms with Gasteiger partial charge in [0.1, 0.15) is 11.4 Å². The monoisotopic (exact) mass is 392 g/mol. The number of benzene rings is 1. The number of H-pyrrole nitrogens is 1. The highest BCUT2D eigenvalue weighted by Gasteiger charge is 2.40. The SMILES string of the molecule is COc1cccc2c1CC[C@H]1C(CCn3c(=O)[nH]c4ncccc4c3=O)NC[C@@H]21. The lowest BCUT2D eigenvalue weighted by Gasteiger charge is -2.31. The van der Waals surface area contributed by atoms with Crippen molar-refractivity contribution in [3.8, 4) is 5.75 Å². The van der Waals surface area contributed by atoms with Crippen LogP contribution in [-0.4, -0.2) is 34.2 Å². The highest BCUT2D eigenvalue weighted by Crippen LogP contribution is 2.44. The zero-order valence-corrected chi connectivity index (χ0v) is 16.4. The number of fused-ring (bicyclic) bond motifs is 4. The predicted octanol–water partition coefficient (Wildman–Crippen LogP) is 1.80. The molecule has 1 fully saturated rings. The normalized spacial score (nSPS) is 23.0. The van der Waals surface area contributed by atoms with Crippen LogP contribution in [0.1, 0.15) is 29.9 Å². The van der Waals surface area contributed by atoms with E-state index < -0.39 is 5.69 Å². The van der Waals surface area contributed by atoms with Crippen molar-refractivity contribution in [2.24, 2.45) is 5.92 Å². The van der Waals surface area contributed by atoms with E-state index in [4.69, 9.17) is 4.74 Å². The molecule has 2 aliphatic rings. The van der Waals surface area contributed by atoms with E-state index in [1.54, 1.807) is 25.4 Å². The molecule has 0 spiro atoms. The zero-order valence-electron chi connectivity index (χ0n) is 16.4. The third-order valence-corrected chi connectivity index (χ3v) is 6.57. The highest BCUT2D eigenvalue weighted by molar-refractivity contribution is 5.72. The molecule has 1 aliphatic carbocycles. The number of aromatic amines is 1. The van der Waals surface area contributed by atoms with Crippen LogP contribution in [0.3, 0.4) is 0 Å². The molecule has 2 aromatic heterocycles. The van der Waals surface area contributed by atoms with Gasteiger partial charge in [-0.05, 0) is 54.5 Å². The molecule has 1 aliphatic heterocycles. The Morgan fingerprint density at radius 3 is 3.00 bits per heavy atom. The topological polar surface area (TPSA) is 89.0 Å². The van der Waals surface area contributed by atoms with Crippen LogP contribution in [-0.2, 0) is 13.0 Å². The number of ether oxygens (including phenoxy) is 1. The number of pyridine rings is 1. The number of hydrogen-bond acceptors (Lipinski definition) is 5. The van der Waals surface area contributed by atoms with E-state index in [2.05, 4.69) is 27.4 Å². The maximum atomic E-state index is 12.7. The van der Waals surface area contributed by atoms with Gasteiger partial charge in [-0.2, -0.15) is 0 Å². The molecule has 1 unspecified atom stereocenters. The maximum absolute atomic E-state index is 12.7. The van der Waals surface area contributed by atoms with Gasteiger partial charge in [-0.15, -0.1) is 0 Å². The highest BCUT2D eigenvalue weighted by atomic mass is 16.5. The molecule has 2 N–H and O–H groups in total. The lowest BCUT2D eigenvalue weighted by atomic mass is 9.74. The van der Waals surface area contributed by atoms with Crippen LogP contribution in [0, 0.1) is 5.92 Å². The summed E-state index contributed by atoms with van der Waals surface area (Å²) in [5.74, 6) is 1.94. The molecular formula is C22H24N4O3. The van der Waals surface area contributed by atoms with Crippen LogP contribution in [0.15, 0.2) is 46.1 Å². The Bertz CT molecular complexity index is 1180. The lowest BCUT2D eigenvalue weighted by Crippen LogP contribution is -2.38. The third-order valence-electron chi connectivity index (χ3n) is 6.57. The molecule has 0 saturated carbocycles. The maximum Gasteiger partial charge on any atom is 0.329 e. The van der Waals surface area contributed by atoms with Crippen molar-refractivity contribution in [3.63, 3.8) is 0 Å². The molecule has 5 rings (SSSR count). The number of rotatable bonds is 4. The van der Waals surface area contributed by atoms with E-state index in [1.165, 1.54) is 15.7 Å². The lowest BCUT2D eigenvalue weighted by molar-refractivity contribution is 0.337. The summed E-state index contributed by atoms with van der Waals surface area (Å²) < 4.78 is 6.86. The first kappa shape index (κ1) is 18.1. The second kappa shape index (κ2) is 7.15. The predicted molar refractivity (Wildman–Crippen MR) is 111 cm³/mol. The molecule has 0 amide bonds. The van der Waals surface area contributed by atoms with E-state index in [0.29, 0.717) is 29.4 Å². The first-order valence-corrected chi connectivity index (χ1v) is 10.1. The molecule has 150 valence electrons. The number of nitrogens with one attached hydrogen (secondary N) is 2. The van der Waals surface area contributed by atoms with Crippen LogP contribution < -0.4 is 21.3 Å². The molecule has 7 nitrogen and oxygen atoms in total. The summed E-state index contributed by atoms with van der Waals surface area (Å²) in [5, 5.41) is 4.09. The fraction of sp³-hybridized carbons (Fsp3) is 0.409. The van der Waals surface area contributed by atoms with Gasteiger partial charge in [0.2, 0.25) is 0 Å². The number of hydrogen-bond donors (Lipinski definition) is 2. The van der Waals surface area contributed by atoms with Crippen LogP contribution >= 0.6 is 0 Å². The van der Waals surface area contributed by atoms with Gasteiger partial charge in [0.25, 0.3) is 5.56 Å². The molecule has 7 heteroatoms. The first-order chi connectivity index (χ1) is 14.2. The summed E-state index contributed by atoms with van der Waals surface area (Å²) in [4.78, 5) is 31.9. The summed E-state index contributed by atoms with van der Waals surface area (Å²) in [6.07, 6.45) is 4.40. The fourth-order valence-electron chi connectivity index (χ4n) is 5.18. The van der Waals surface area contributed by atoms with Crippen molar-refractivity contribution in [2.75, 3.05) is 13.7 Å². The Kier molecular flexibility index (Phi) is 4.47. The summed E-state index contributed by atoms with van der Waals surface area (Å²) in [6.45, 7) is 1.31. The van der Waals surface area contributed by atoms with Crippen molar-refractivity contribution in [2.45, 2.75) is 37.8 Å². The quantitative estimate of drug-likeness (QED) is 0.707. The van der Waals surface area contributed by atoms with Gasteiger partial charge in [-0.3, -0.25) is 14.3 Å². The summed E-state index contributed by atoms with van der Waals surface area (Å²) in [7, 11) is 1.73. The van der Waals surface area contributed by atoms with Crippen molar-refractivity contribution in [1.82, 2.24) is 19.9 Å². The minimum absolute atomic E-state index is 0.273. The second-order valence-electron chi connectivity index (χ2n) is 7.93. The van der Waals surface area contributed by atoms with E-state index >= 15 is 0 Å². The van der Waals surface area contributed by atoms with E-state index in [0.717, 1.165) is 31.6 Å². The smallest absolute Gasteiger partial charge is 0.329 e. The molecule has 0 bridgehead atoms. The fourth-order valence-corrected chi connectivity index (χ4v) is 5.18. The Balaban J connectivity index is 1.38. The molecule has 3 aromatic rings. The second-order valence-corrected chi connectivity index (χ2v) is 7.93. The standard InChI is InChI=1S/C22H24N4O3/c1-29-19-6-2-4-13-15(19)8-7-14-17(13)12-24-18(14)9-11-26-21(27)16-5-3-10-23-20(16)25-22(26)28/h2-6,10,14,17-18,24H,7-9,11-12H2,1H3,(H,23,25,28)/t14-,17+,18?/m1/s1. The van der Waals surface area contributed by atoms with E-state index in [9.17, 15) is 9.59 Å². The van der Waals surface area contributed by atoms with Gasteiger partial charge in [-0.1, -0.05) is 12.1 Å². The number of aromatic nitrogens is 3. The average Bonchev–Trinajstić information content (AvgIpc) is 3.16. The van der Waals surface area contributed by atoms with Gasteiger partial charge < -0.3 is 10.1 Å². The molecule has 0 radical (unpaired) electrons. The number of methoxy groups -OCH3 is 1. The molecular weight excluding hydrogens is 368 g/mol. The molecule has 1 saturated heterocycles. The van der Waals surface area contributed by atoms with Gasteiger partial charge in [0.15, 0.2) is 0 Å². The third kappa shape index (κ3) is 2.97. The largest absolute Gasteiger partial charge is 0.496 e. The Labute approximate surface area is 167 Å². The zero-order chi connectivity index (χ0) is 20.0. The van der Waals surface area contributed by atoms with Gasteiger partial charge in [-0.25, -0.2) is 9.78 Å². The summed E-state index contributed by atoms with van der Waals surface area (Å²) in [6, 6.07) is 10.0. The minimum atomic E-state index is -0.394. The Hall–Kier alpha value is -2.93. The van der Waals surface area contributed by atoms with Crippen molar-refractivity contribution >= 4 is 11.0 Å². The number of nitrogens with zero attached hydrogens (tertiary/aromatic N) is 2. The van der Waals surface area contributed by atoms with Crippen LogP contribution in [0.25, 0.3) is 11.0 Å². The molecule has 3 atom stereocenters. The van der Waals surface area contributed by atoms with Gasteiger partial charge >= 0.3 is 5.69 Å². The Morgan fingerprint density at radius 2 is 2.14 bits per heavy atom. The van der Waals surface area contributed by atoms with E-state index in [-0.39, 0.29) is 11.6 Å². The Morgan fingerprint density at radius 1 is 1.24 bits per heavy atom. The molecule has 29 heavy (non-hydrogen) atoms. The molecule has 3 heterocycles. The van der Waals surface area contributed by atoms with Crippen molar-refractivity contribution < 1.29 is 4.74 Å². The first-order valence-electron chi connectivity index (χ1n) is 10.1. The van der Waals surface area contributed by atoms with Crippen LogP contribution in [0.5, 0.6) is 5.75 Å². The minimum Gasteiger partial charge on any atom is -0.496 e. The van der Waals surface area contributed by atoms with Gasteiger partial charge in [0, 0.05) is 31.2 Å². The van der Waals surface area contributed by atoms with E-state index in [1.807, 2.05) is 6.07 Å². The van der Waals surface area contributed by atoms with Gasteiger partial charge in [0.05, 0.1) is 12.5 Å².